The number of piperazine rings is 1. The summed E-state index contributed by atoms with van der Waals surface area (Å²) in [7, 11) is 0. The number of thiophene rings is 1. The fourth-order valence-electron chi connectivity index (χ4n) is 2.47. The maximum absolute atomic E-state index is 12.7. The lowest BCUT2D eigenvalue weighted by Gasteiger charge is -2.27. The first-order valence-corrected chi connectivity index (χ1v) is 8.23. The van der Waals surface area contributed by atoms with Gasteiger partial charge in [-0.25, -0.2) is 4.79 Å². The summed E-state index contributed by atoms with van der Waals surface area (Å²) in [5.41, 5.74) is -0.502. The Morgan fingerprint density at radius 1 is 1.25 bits per heavy atom. The van der Waals surface area contributed by atoms with Gasteiger partial charge in [-0.2, -0.15) is 23.1 Å². The zero-order valence-electron chi connectivity index (χ0n) is 12.9. The smallest absolute Gasteiger partial charge is 0.338 e. The van der Waals surface area contributed by atoms with Gasteiger partial charge in [0.1, 0.15) is 10.7 Å². The Bertz CT molecular complexity index is 779. The molecule has 1 N–H and O–H groups in total. The normalized spacial score (nSPS) is 15.8. The van der Waals surface area contributed by atoms with E-state index >= 15 is 0 Å². The van der Waals surface area contributed by atoms with Gasteiger partial charge in [0.2, 0.25) is 5.95 Å². The Labute approximate surface area is 140 Å². The average molecular weight is 359 g/mol. The van der Waals surface area contributed by atoms with E-state index in [0.717, 1.165) is 19.2 Å². The molecule has 10 heteroatoms. The quantitative estimate of drug-likeness (QED) is 0.900. The van der Waals surface area contributed by atoms with Gasteiger partial charge in [0.25, 0.3) is 0 Å². The van der Waals surface area contributed by atoms with Crippen LogP contribution < -0.4 is 15.9 Å². The van der Waals surface area contributed by atoms with Crippen LogP contribution in [-0.4, -0.2) is 40.7 Å². The first kappa shape index (κ1) is 16.9. The summed E-state index contributed by atoms with van der Waals surface area (Å²) in [6.45, 7) is 4.70. The number of halogens is 3. The largest absolute Gasteiger partial charge is 0.425 e. The number of rotatable bonds is 3. The number of aromatic nitrogens is 3. The lowest BCUT2D eigenvalue weighted by atomic mass is 10.4. The summed E-state index contributed by atoms with van der Waals surface area (Å²) in [4.78, 5) is 22.3. The third kappa shape index (κ3) is 3.59. The molecule has 3 rings (SSSR count). The van der Waals surface area contributed by atoms with Crippen LogP contribution >= 0.6 is 11.3 Å². The van der Waals surface area contributed by atoms with Crippen molar-refractivity contribution in [3.8, 4) is 0 Å². The van der Waals surface area contributed by atoms with Crippen LogP contribution in [0.2, 0.25) is 0 Å². The molecule has 0 amide bonds. The minimum Gasteiger partial charge on any atom is -0.338 e. The van der Waals surface area contributed by atoms with Crippen LogP contribution in [0.5, 0.6) is 0 Å². The molecule has 0 unspecified atom stereocenters. The van der Waals surface area contributed by atoms with Crippen LogP contribution in [0.1, 0.15) is 15.6 Å². The second-order valence-corrected chi connectivity index (χ2v) is 6.61. The van der Waals surface area contributed by atoms with Gasteiger partial charge in [0.05, 0.1) is 6.54 Å². The first-order valence-electron chi connectivity index (χ1n) is 7.41. The predicted molar refractivity (Wildman–Crippen MR) is 84.5 cm³/mol. The Kier molecular flexibility index (Phi) is 4.59. The van der Waals surface area contributed by atoms with Gasteiger partial charge in [-0.15, -0.1) is 11.3 Å². The summed E-state index contributed by atoms with van der Waals surface area (Å²) in [5, 5.41) is 3.20. The van der Waals surface area contributed by atoms with Crippen LogP contribution in [0.25, 0.3) is 0 Å². The SMILES string of the molecule is Cc1nc(N2CCNCC2)nc(=O)n1Cc1ccc(C(F)(F)F)s1. The molecule has 0 atom stereocenters. The van der Waals surface area contributed by atoms with E-state index in [9.17, 15) is 18.0 Å². The maximum atomic E-state index is 12.7. The Balaban J connectivity index is 1.83. The minimum absolute atomic E-state index is 0.0350. The second kappa shape index (κ2) is 6.52. The van der Waals surface area contributed by atoms with Gasteiger partial charge in [-0.3, -0.25) is 4.57 Å². The monoisotopic (exact) mass is 359 g/mol. The molecule has 1 aliphatic rings. The Morgan fingerprint density at radius 2 is 1.96 bits per heavy atom. The summed E-state index contributed by atoms with van der Waals surface area (Å²) in [5.74, 6) is 0.808. The van der Waals surface area contributed by atoms with Crippen molar-refractivity contribution in [3.05, 3.63) is 38.2 Å². The van der Waals surface area contributed by atoms with Crippen molar-refractivity contribution in [1.29, 1.82) is 0 Å². The molecule has 0 bridgehead atoms. The molecule has 2 aromatic rings. The molecule has 0 spiro atoms. The molecular formula is C14H16F3N5OS. The van der Waals surface area contributed by atoms with E-state index in [4.69, 9.17) is 0 Å². The van der Waals surface area contributed by atoms with Crippen molar-refractivity contribution in [2.75, 3.05) is 31.1 Å². The molecule has 1 aliphatic heterocycles. The van der Waals surface area contributed by atoms with Crippen molar-refractivity contribution in [2.24, 2.45) is 0 Å². The number of alkyl halides is 3. The van der Waals surface area contributed by atoms with Gasteiger partial charge in [0, 0.05) is 31.1 Å². The highest BCUT2D eigenvalue weighted by molar-refractivity contribution is 7.12. The summed E-state index contributed by atoms with van der Waals surface area (Å²) < 4.78 is 39.3. The number of nitrogens with one attached hydrogen (secondary N) is 1. The third-order valence-electron chi connectivity index (χ3n) is 3.73. The average Bonchev–Trinajstić information content (AvgIpc) is 3.00. The number of aryl methyl sites for hydroxylation is 1. The van der Waals surface area contributed by atoms with Crippen molar-refractivity contribution < 1.29 is 13.2 Å². The summed E-state index contributed by atoms with van der Waals surface area (Å²) in [6, 6.07) is 2.40. The van der Waals surface area contributed by atoms with Crippen LogP contribution in [0.4, 0.5) is 19.1 Å². The zero-order valence-corrected chi connectivity index (χ0v) is 13.7. The Morgan fingerprint density at radius 3 is 2.54 bits per heavy atom. The minimum atomic E-state index is -4.37. The summed E-state index contributed by atoms with van der Waals surface area (Å²) in [6.07, 6.45) is -4.37. The number of hydrogen-bond acceptors (Lipinski definition) is 6. The lowest BCUT2D eigenvalue weighted by Crippen LogP contribution is -2.45. The van der Waals surface area contributed by atoms with Crippen LogP contribution in [0, 0.1) is 6.92 Å². The highest BCUT2D eigenvalue weighted by Gasteiger charge is 2.32. The zero-order chi connectivity index (χ0) is 17.3. The molecule has 24 heavy (non-hydrogen) atoms. The van der Waals surface area contributed by atoms with E-state index in [1.807, 2.05) is 4.90 Å². The topological polar surface area (TPSA) is 63.1 Å². The molecule has 0 aliphatic carbocycles. The lowest BCUT2D eigenvalue weighted by molar-refractivity contribution is -0.134. The van der Waals surface area contributed by atoms with E-state index in [-0.39, 0.29) is 6.54 Å². The van der Waals surface area contributed by atoms with Gasteiger partial charge in [-0.05, 0) is 19.1 Å². The van der Waals surface area contributed by atoms with Crippen molar-refractivity contribution in [3.63, 3.8) is 0 Å². The van der Waals surface area contributed by atoms with E-state index in [0.29, 0.717) is 41.1 Å². The van der Waals surface area contributed by atoms with E-state index in [1.165, 1.54) is 10.6 Å². The standard InChI is InChI=1S/C14H16F3N5OS/c1-9-19-12(21-6-4-18-5-7-21)20-13(23)22(9)8-10-2-3-11(24-10)14(15,16)17/h2-3,18H,4-8H2,1H3. The van der Waals surface area contributed by atoms with E-state index < -0.39 is 16.7 Å². The fourth-order valence-corrected chi connectivity index (χ4v) is 3.34. The van der Waals surface area contributed by atoms with Crippen molar-refractivity contribution in [2.45, 2.75) is 19.6 Å². The second-order valence-electron chi connectivity index (χ2n) is 5.44. The maximum Gasteiger partial charge on any atom is 0.425 e. The van der Waals surface area contributed by atoms with Gasteiger partial charge < -0.3 is 10.2 Å². The van der Waals surface area contributed by atoms with E-state index in [1.54, 1.807) is 6.92 Å². The van der Waals surface area contributed by atoms with Crippen molar-refractivity contribution in [1.82, 2.24) is 19.9 Å². The highest BCUT2D eigenvalue weighted by Crippen LogP contribution is 2.34. The van der Waals surface area contributed by atoms with Crippen LogP contribution in [0.3, 0.4) is 0 Å². The Hall–Kier alpha value is -1.94. The third-order valence-corrected chi connectivity index (χ3v) is 4.85. The molecule has 6 nitrogen and oxygen atoms in total. The fraction of sp³-hybridized carbons (Fsp3) is 0.500. The molecule has 3 heterocycles. The number of nitrogens with zero attached hydrogens (tertiary/aromatic N) is 4. The molecule has 0 saturated carbocycles. The summed E-state index contributed by atoms with van der Waals surface area (Å²) >= 11 is 0.625. The van der Waals surface area contributed by atoms with E-state index in [2.05, 4.69) is 15.3 Å². The number of anilines is 1. The van der Waals surface area contributed by atoms with Crippen LogP contribution in [0.15, 0.2) is 16.9 Å². The van der Waals surface area contributed by atoms with Gasteiger partial charge in [0.15, 0.2) is 0 Å². The number of hydrogen-bond donors (Lipinski definition) is 1. The molecule has 1 saturated heterocycles. The molecule has 2 aromatic heterocycles. The van der Waals surface area contributed by atoms with Crippen molar-refractivity contribution >= 4 is 17.3 Å². The highest BCUT2D eigenvalue weighted by atomic mass is 32.1. The molecule has 1 fully saturated rings. The first-order chi connectivity index (χ1) is 11.3. The predicted octanol–water partition coefficient (Wildman–Crippen LogP) is 1.48. The molecule has 130 valence electrons. The molecular weight excluding hydrogens is 343 g/mol. The molecule has 0 aromatic carbocycles. The van der Waals surface area contributed by atoms with Gasteiger partial charge in [-0.1, -0.05) is 0 Å². The van der Waals surface area contributed by atoms with Gasteiger partial charge >= 0.3 is 11.9 Å². The molecule has 0 radical (unpaired) electrons. The van der Waals surface area contributed by atoms with Crippen LogP contribution in [-0.2, 0) is 12.7 Å².